The van der Waals surface area contributed by atoms with Gasteiger partial charge < -0.3 is 14.6 Å². The van der Waals surface area contributed by atoms with Gasteiger partial charge in [0.05, 0.1) is 6.61 Å². The Kier molecular flexibility index (Phi) is 6.21. The van der Waals surface area contributed by atoms with Crippen molar-refractivity contribution in [3.8, 4) is 0 Å². The number of aryl methyl sites for hydroxylation is 1. The number of rotatable bonds is 8. The molecule has 5 nitrogen and oxygen atoms in total. The zero-order chi connectivity index (χ0) is 12.7. The molecule has 0 spiro atoms. The Morgan fingerprint density at radius 1 is 1.65 bits per heavy atom. The third-order valence-corrected chi connectivity index (χ3v) is 4.02. The highest BCUT2D eigenvalue weighted by atomic mass is 32.2. The van der Waals surface area contributed by atoms with Gasteiger partial charge in [-0.3, -0.25) is 4.21 Å². The maximum Gasteiger partial charge on any atom is 0.202 e. The molecule has 1 heterocycles. The molecular formula is C11H21N3O2S. The average molecular weight is 259 g/mol. The predicted octanol–water partition coefficient (Wildman–Crippen LogP) is 1.10. The summed E-state index contributed by atoms with van der Waals surface area (Å²) < 4.78 is 18.3. The molecule has 0 saturated heterocycles. The van der Waals surface area contributed by atoms with Gasteiger partial charge >= 0.3 is 0 Å². The van der Waals surface area contributed by atoms with Gasteiger partial charge in [-0.2, -0.15) is 0 Å². The second-order valence-electron chi connectivity index (χ2n) is 3.96. The normalized spacial score (nSPS) is 14.5. The summed E-state index contributed by atoms with van der Waals surface area (Å²) in [5.74, 6) is 0.844. The fourth-order valence-corrected chi connectivity index (χ4v) is 1.85. The van der Waals surface area contributed by atoms with E-state index >= 15 is 0 Å². The first-order chi connectivity index (χ1) is 8.15. The predicted molar refractivity (Wildman–Crippen MR) is 70.7 cm³/mol. The summed E-state index contributed by atoms with van der Waals surface area (Å²) in [4.78, 5) is 4.23. The van der Waals surface area contributed by atoms with Crippen molar-refractivity contribution in [1.82, 2.24) is 9.55 Å². The van der Waals surface area contributed by atoms with E-state index in [1.54, 1.807) is 19.6 Å². The summed E-state index contributed by atoms with van der Waals surface area (Å²) in [7, 11) is 0.914. The molecule has 0 saturated carbocycles. The van der Waals surface area contributed by atoms with Gasteiger partial charge in [0.15, 0.2) is 0 Å². The van der Waals surface area contributed by atoms with Gasteiger partial charge in [0.2, 0.25) is 5.95 Å². The van der Waals surface area contributed by atoms with Crippen molar-refractivity contribution in [3.63, 3.8) is 0 Å². The molecule has 0 bridgehead atoms. The lowest BCUT2D eigenvalue weighted by molar-refractivity contribution is 0.210. The van der Waals surface area contributed by atoms with Gasteiger partial charge in [0.25, 0.3) is 0 Å². The maximum absolute atomic E-state index is 11.3. The molecule has 0 fully saturated rings. The second kappa shape index (κ2) is 7.45. The summed E-state index contributed by atoms with van der Waals surface area (Å²) >= 11 is 0. The number of aromatic nitrogens is 2. The number of hydrogen-bond acceptors (Lipinski definition) is 4. The Bertz CT molecular complexity index is 354. The molecule has 0 aliphatic heterocycles. The summed E-state index contributed by atoms with van der Waals surface area (Å²) in [6.45, 7) is 4.23. The van der Waals surface area contributed by atoms with Crippen LogP contribution in [0.2, 0.25) is 0 Å². The first-order valence-corrected chi connectivity index (χ1v) is 7.33. The van der Waals surface area contributed by atoms with Gasteiger partial charge in [-0.15, -0.1) is 0 Å². The van der Waals surface area contributed by atoms with Crippen LogP contribution in [0.5, 0.6) is 0 Å². The lowest BCUT2D eigenvalue weighted by Crippen LogP contribution is -2.16. The van der Waals surface area contributed by atoms with Gasteiger partial charge in [0, 0.05) is 54.9 Å². The van der Waals surface area contributed by atoms with Crippen LogP contribution in [0.25, 0.3) is 0 Å². The van der Waals surface area contributed by atoms with Gasteiger partial charge in [-0.05, 0) is 6.42 Å². The molecule has 98 valence electrons. The first kappa shape index (κ1) is 14.2. The highest BCUT2D eigenvalue weighted by Gasteiger charge is 2.08. The lowest BCUT2D eigenvalue weighted by Gasteiger charge is -2.12. The molecule has 0 radical (unpaired) electrons. The number of anilines is 1. The molecule has 1 rings (SSSR count). The molecule has 2 atom stereocenters. The van der Waals surface area contributed by atoms with Crippen LogP contribution in [0.4, 0.5) is 5.95 Å². The molecule has 17 heavy (non-hydrogen) atoms. The summed E-state index contributed by atoms with van der Waals surface area (Å²) in [5, 5.41) is 3.41. The van der Waals surface area contributed by atoms with Crippen LogP contribution >= 0.6 is 0 Å². The molecule has 2 unspecified atom stereocenters. The first-order valence-electron chi connectivity index (χ1n) is 5.71. The van der Waals surface area contributed by atoms with Crippen LogP contribution in [-0.4, -0.2) is 45.5 Å². The van der Waals surface area contributed by atoms with E-state index in [1.807, 2.05) is 17.7 Å². The average Bonchev–Trinajstić information content (AvgIpc) is 2.74. The molecule has 1 N–H and O–H groups in total. The van der Waals surface area contributed by atoms with E-state index in [4.69, 9.17) is 4.74 Å². The maximum atomic E-state index is 11.3. The topological polar surface area (TPSA) is 56.1 Å². The molecule has 1 aromatic rings. The Labute approximate surface area is 105 Å². The minimum atomic E-state index is -0.759. The van der Waals surface area contributed by atoms with Crippen molar-refractivity contribution in [2.75, 3.05) is 31.8 Å². The van der Waals surface area contributed by atoms with E-state index < -0.39 is 10.8 Å². The van der Waals surface area contributed by atoms with Crippen LogP contribution in [0.3, 0.4) is 0 Å². The van der Waals surface area contributed by atoms with E-state index in [9.17, 15) is 4.21 Å². The SMILES string of the molecule is COCCNc1nccn1CCC(C)S(C)=O. The zero-order valence-corrected chi connectivity index (χ0v) is 11.5. The monoisotopic (exact) mass is 259 g/mol. The van der Waals surface area contributed by atoms with E-state index in [1.165, 1.54) is 0 Å². The van der Waals surface area contributed by atoms with E-state index in [2.05, 4.69) is 10.3 Å². The largest absolute Gasteiger partial charge is 0.383 e. The number of ether oxygens (including phenoxy) is 1. The number of nitrogens with zero attached hydrogens (tertiary/aromatic N) is 2. The summed E-state index contributed by atoms with van der Waals surface area (Å²) in [6.07, 6.45) is 6.33. The van der Waals surface area contributed by atoms with Gasteiger partial charge in [-0.1, -0.05) is 6.92 Å². The van der Waals surface area contributed by atoms with Crippen LogP contribution in [0, 0.1) is 0 Å². The quantitative estimate of drug-likeness (QED) is 0.710. The van der Waals surface area contributed by atoms with Crippen LogP contribution in [0.1, 0.15) is 13.3 Å². The second-order valence-corrected chi connectivity index (χ2v) is 5.76. The number of imidazole rings is 1. The Morgan fingerprint density at radius 2 is 2.41 bits per heavy atom. The van der Waals surface area contributed by atoms with Crippen LogP contribution < -0.4 is 5.32 Å². The smallest absolute Gasteiger partial charge is 0.202 e. The number of hydrogen-bond donors (Lipinski definition) is 1. The van der Waals surface area contributed by atoms with Crippen LogP contribution in [-0.2, 0) is 22.1 Å². The number of methoxy groups -OCH3 is 1. The molecule has 6 heteroatoms. The third kappa shape index (κ3) is 4.87. The Balaban J connectivity index is 2.42. The highest BCUT2D eigenvalue weighted by Crippen LogP contribution is 2.08. The molecule has 0 amide bonds. The van der Waals surface area contributed by atoms with Crippen molar-refractivity contribution in [3.05, 3.63) is 12.4 Å². The molecule has 0 aliphatic carbocycles. The standard InChI is InChI=1S/C11H21N3O2S/c1-10(17(3)15)4-7-14-8-5-12-11(14)13-6-9-16-2/h5,8,10H,4,6-7,9H2,1-3H3,(H,12,13). The van der Waals surface area contributed by atoms with Crippen molar-refractivity contribution < 1.29 is 8.95 Å². The third-order valence-electron chi connectivity index (χ3n) is 2.65. The van der Waals surface area contributed by atoms with E-state index in [0.717, 1.165) is 25.5 Å². The lowest BCUT2D eigenvalue weighted by atomic mass is 10.3. The zero-order valence-electron chi connectivity index (χ0n) is 10.7. The number of nitrogens with one attached hydrogen (secondary N) is 1. The summed E-state index contributed by atoms with van der Waals surface area (Å²) in [5.41, 5.74) is 0. The van der Waals surface area contributed by atoms with Crippen molar-refractivity contribution >= 4 is 16.7 Å². The Morgan fingerprint density at radius 3 is 3.06 bits per heavy atom. The van der Waals surface area contributed by atoms with Crippen molar-refractivity contribution in [2.45, 2.75) is 25.1 Å². The van der Waals surface area contributed by atoms with E-state index in [-0.39, 0.29) is 5.25 Å². The van der Waals surface area contributed by atoms with Gasteiger partial charge in [-0.25, -0.2) is 4.98 Å². The Hall–Kier alpha value is -0.880. The molecule has 0 aliphatic rings. The highest BCUT2D eigenvalue weighted by molar-refractivity contribution is 7.84. The van der Waals surface area contributed by atoms with E-state index in [0.29, 0.717) is 6.61 Å². The molecule has 0 aromatic carbocycles. The fourth-order valence-electron chi connectivity index (χ4n) is 1.41. The van der Waals surface area contributed by atoms with Crippen molar-refractivity contribution in [2.24, 2.45) is 0 Å². The minimum Gasteiger partial charge on any atom is -0.383 e. The molecular weight excluding hydrogens is 238 g/mol. The van der Waals surface area contributed by atoms with Gasteiger partial charge in [0.1, 0.15) is 0 Å². The molecule has 1 aromatic heterocycles. The van der Waals surface area contributed by atoms with Crippen LogP contribution in [0.15, 0.2) is 12.4 Å². The summed E-state index contributed by atoms with van der Waals surface area (Å²) in [6, 6.07) is 0. The fraction of sp³-hybridized carbons (Fsp3) is 0.727. The minimum absolute atomic E-state index is 0.212. The van der Waals surface area contributed by atoms with Crippen molar-refractivity contribution in [1.29, 1.82) is 0 Å².